The van der Waals surface area contributed by atoms with E-state index in [1.165, 1.54) is 25.1 Å². The highest BCUT2D eigenvalue weighted by Crippen LogP contribution is 2.40. The second-order valence-electron chi connectivity index (χ2n) is 7.79. The van der Waals surface area contributed by atoms with Gasteiger partial charge in [-0.3, -0.25) is 14.4 Å². The molecule has 1 heterocycles. The number of hydrogen-bond donors (Lipinski definition) is 2. The molecular formula is C24H14ClF5N2O3. The van der Waals surface area contributed by atoms with E-state index in [1.54, 1.807) is 0 Å². The Morgan fingerprint density at radius 3 is 2.34 bits per heavy atom. The molecular weight excluding hydrogens is 495 g/mol. The van der Waals surface area contributed by atoms with E-state index in [-0.39, 0.29) is 39.0 Å². The SMILES string of the molecule is CC(=O)c1cc(NC(=O)c2cc(F)cc(C(F)(F)F)c2)c2c(c1)C(=O)NC2c1cc(F)ccc1Cl. The number of anilines is 1. The van der Waals surface area contributed by atoms with Crippen molar-refractivity contribution in [3.8, 4) is 0 Å². The minimum absolute atomic E-state index is 0.0199. The zero-order chi connectivity index (χ0) is 25.7. The molecule has 1 aliphatic rings. The number of nitrogens with one attached hydrogen (secondary N) is 2. The molecule has 11 heteroatoms. The number of rotatable bonds is 4. The number of halogens is 6. The summed E-state index contributed by atoms with van der Waals surface area (Å²) < 4.78 is 67.0. The number of Topliss-reactive ketones (excluding diaryl/α,β-unsaturated/α-hetero) is 1. The summed E-state index contributed by atoms with van der Waals surface area (Å²) in [5.41, 5.74) is -1.85. The Kier molecular flexibility index (Phi) is 6.10. The second kappa shape index (κ2) is 8.77. The van der Waals surface area contributed by atoms with Crippen molar-refractivity contribution in [3.05, 3.63) is 98.6 Å². The lowest BCUT2D eigenvalue weighted by Gasteiger charge is -2.19. The third-order valence-corrected chi connectivity index (χ3v) is 5.74. The largest absolute Gasteiger partial charge is 0.416 e. The van der Waals surface area contributed by atoms with Crippen LogP contribution in [-0.4, -0.2) is 17.6 Å². The van der Waals surface area contributed by atoms with Gasteiger partial charge >= 0.3 is 6.18 Å². The first-order chi connectivity index (χ1) is 16.3. The van der Waals surface area contributed by atoms with Crippen LogP contribution < -0.4 is 10.6 Å². The molecule has 1 aliphatic heterocycles. The van der Waals surface area contributed by atoms with Gasteiger partial charge in [0.25, 0.3) is 11.8 Å². The summed E-state index contributed by atoms with van der Waals surface area (Å²) in [6.07, 6.45) is -4.90. The minimum atomic E-state index is -4.90. The molecule has 180 valence electrons. The van der Waals surface area contributed by atoms with Crippen LogP contribution in [0.5, 0.6) is 0 Å². The van der Waals surface area contributed by atoms with Gasteiger partial charge in [-0.15, -0.1) is 0 Å². The quantitative estimate of drug-likeness (QED) is 0.339. The predicted octanol–water partition coefficient (Wildman–Crippen LogP) is 5.92. The van der Waals surface area contributed by atoms with E-state index >= 15 is 0 Å². The van der Waals surface area contributed by atoms with Gasteiger partial charge in [0.2, 0.25) is 0 Å². The highest BCUT2D eigenvalue weighted by molar-refractivity contribution is 6.31. The third kappa shape index (κ3) is 4.74. The number of ketones is 1. The highest BCUT2D eigenvalue weighted by Gasteiger charge is 2.36. The maximum absolute atomic E-state index is 13.9. The van der Waals surface area contributed by atoms with Crippen LogP contribution >= 0.6 is 11.6 Å². The average Bonchev–Trinajstić information content (AvgIpc) is 3.11. The van der Waals surface area contributed by atoms with Crippen LogP contribution in [0.25, 0.3) is 0 Å². The van der Waals surface area contributed by atoms with Crippen LogP contribution in [-0.2, 0) is 6.18 Å². The fraction of sp³-hybridized carbons (Fsp3) is 0.125. The zero-order valence-corrected chi connectivity index (χ0v) is 18.4. The number of amides is 2. The van der Waals surface area contributed by atoms with Crippen LogP contribution in [0.15, 0.2) is 48.5 Å². The molecule has 0 spiro atoms. The van der Waals surface area contributed by atoms with Crippen molar-refractivity contribution < 1.29 is 36.3 Å². The molecule has 0 fully saturated rings. The summed E-state index contributed by atoms with van der Waals surface area (Å²) in [5.74, 6) is -4.17. The molecule has 0 radical (unpaired) electrons. The maximum Gasteiger partial charge on any atom is 0.416 e. The van der Waals surface area contributed by atoms with Crippen molar-refractivity contribution in [2.45, 2.75) is 19.1 Å². The Bertz CT molecular complexity index is 1400. The van der Waals surface area contributed by atoms with Gasteiger partial charge in [0.15, 0.2) is 5.78 Å². The zero-order valence-electron chi connectivity index (χ0n) is 17.7. The van der Waals surface area contributed by atoms with Crippen LogP contribution in [0.4, 0.5) is 27.6 Å². The van der Waals surface area contributed by atoms with Gasteiger partial charge in [-0.1, -0.05) is 11.6 Å². The van der Waals surface area contributed by atoms with Gasteiger partial charge < -0.3 is 10.6 Å². The molecule has 1 atom stereocenters. The Labute approximate surface area is 199 Å². The molecule has 0 saturated heterocycles. The summed E-state index contributed by atoms with van der Waals surface area (Å²) in [7, 11) is 0. The standard InChI is InChI=1S/C24H14ClF5N2O3/c1-10(33)11-6-17-20(21(32-23(17)35)16-9-14(26)2-3-18(16)25)19(7-11)31-22(34)12-4-13(24(28,29)30)8-15(27)5-12/h2-9,21H,1H3,(H,31,34)(H,32,35). The molecule has 35 heavy (non-hydrogen) atoms. The molecule has 4 rings (SSSR count). The van der Waals surface area contributed by atoms with Crippen LogP contribution in [0, 0.1) is 11.6 Å². The maximum atomic E-state index is 13.9. The van der Waals surface area contributed by atoms with Gasteiger partial charge in [0, 0.05) is 38.5 Å². The summed E-state index contributed by atoms with van der Waals surface area (Å²) in [6, 6.07) is 6.24. The molecule has 1 unspecified atom stereocenters. The van der Waals surface area contributed by atoms with Crippen LogP contribution in [0.1, 0.15) is 60.7 Å². The first kappa shape index (κ1) is 24.3. The summed E-state index contributed by atoms with van der Waals surface area (Å²) in [4.78, 5) is 37.6. The number of alkyl halides is 3. The molecule has 0 saturated carbocycles. The van der Waals surface area contributed by atoms with Gasteiger partial charge in [0.05, 0.1) is 11.6 Å². The first-order valence-corrected chi connectivity index (χ1v) is 10.4. The molecule has 0 aliphatic carbocycles. The average molecular weight is 509 g/mol. The lowest BCUT2D eigenvalue weighted by atomic mass is 9.93. The number of carbonyl (C=O) groups is 3. The number of hydrogen-bond acceptors (Lipinski definition) is 3. The van der Waals surface area contributed by atoms with E-state index in [0.717, 1.165) is 12.1 Å². The van der Waals surface area contributed by atoms with Crippen molar-refractivity contribution in [2.24, 2.45) is 0 Å². The van der Waals surface area contributed by atoms with Gasteiger partial charge in [-0.2, -0.15) is 13.2 Å². The monoisotopic (exact) mass is 508 g/mol. The summed E-state index contributed by atoms with van der Waals surface area (Å²) in [6.45, 7) is 1.21. The highest BCUT2D eigenvalue weighted by atomic mass is 35.5. The molecule has 2 amide bonds. The smallest absolute Gasteiger partial charge is 0.341 e. The molecule has 2 N–H and O–H groups in total. The summed E-state index contributed by atoms with van der Waals surface area (Å²) >= 11 is 6.20. The Balaban J connectivity index is 1.84. The van der Waals surface area contributed by atoms with E-state index in [9.17, 15) is 36.3 Å². The number of fused-ring (bicyclic) bond motifs is 1. The predicted molar refractivity (Wildman–Crippen MR) is 117 cm³/mol. The van der Waals surface area contributed by atoms with E-state index in [4.69, 9.17) is 11.6 Å². The van der Waals surface area contributed by atoms with Crippen molar-refractivity contribution in [1.29, 1.82) is 0 Å². The van der Waals surface area contributed by atoms with Crippen LogP contribution in [0.2, 0.25) is 5.02 Å². The van der Waals surface area contributed by atoms with Gasteiger partial charge in [-0.05, 0) is 55.5 Å². The van der Waals surface area contributed by atoms with Gasteiger partial charge in [-0.25, -0.2) is 8.78 Å². The second-order valence-corrected chi connectivity index (χ2v) is 8.20. The lowest BCUT2D eigenvalue weighted by molar-refractivity contribution is -0.137. The van der Waals surface area contributed by atoms with Crippen LogP contribution in [0.3, 0.4) is 0 Å². The first-order valence-electron chi connectivity index (χ1n) is 9.99. The fourth-order valence-electron chi connectivity index (χ4n) is 3.79. The topological polar surface area (TPSA) is 75.3 Å². The minimum Gasteiger partial charge on any atom is -0.341 e. The third-order valence-electron chi connectivity index (χ3n) is 5.40. The summed E-state index contributed by atoms with van der Waals surface area (Å²) in [5, 5.41) is 5.05. The van der Waals surface area contributed by atoms with E-state index < -0.39 is 52.6 Å². The molecule has 3 aromatic rings. The number of carbonyl (C=O) groups excluding carboxylic acids is 3. The Hall–Kier alpha value is -3.79. The molecule has 0 bridgehead atoms. The van der Waals surface area contributed by atoms with Crippen molar-refractivity contribution in [3.63, 3.8) is 0 Å². The molecule has 5 nitrogen and oxygen atoms in total. The van der Waals surface area contributed by atoms with Crippen molar-refractivity contribution >= 4 is 34.9 Å². The number of benzene rings is 3. The molecule has 0 aromatic heterocycles. The van der Waals surface area contributed by atoms with Gasteiger partial charge in [0.1, 0.15) is 11.6 Å². The van der Waals surface area contributed by atoms with Crippen molar-refractivity contribution in [1.82, 2.24) is 5.32 Å². The van der Waals surface area contributed by atoms with E-state index in [0.29, 0.717) is 12.1 Å². The molecule has 3 aromatic carbocycles. The van der Waals surface area contributed by atoms with E-state index in [1.807, 2.05) is 0 Å². The lowest BCUT2D eigenvalue weighted by Crippen LogP contribution is -2.21. The normalized spacial score (nSPS) is 14.9. The van der Waals surface area contributed by atoms with Crippen molar-refractivity contribution in [2.75, 3.05) is 5.32 Å². The Morgan fingerprint density at radius 1 is 0.971 bits per heavy atom. The van der Waals surface area contributed by atoms with E-state index in [2.05, 4.69) is 10.6 Å². The Morgan fingerprint density at radius 2 is 1.69 bits per heavy atom. The fourth-order valence-corrected chi connectivity index (χ4v) is 4.01.